The normalized spacial score (nSPS) is 12.5. The lowest BCUT2D eigenvalue weighted by Gasteiger charge is -2.08. The van der Waals surface area contributed by atoms with Crippen LogP contribution in [0.5, 0.6) is 0 Å². The maximum Gasteiger partial charge on any atom is 0.308 e. The summed E-state index contributed by atoms with van der Waals surface area (Å²) in [5.41, 5.74) is 0. The Hall–Kier alpha value is -0.140. The summed E-state index contributed by atoms with van der Waals surface area (Å²) in [6, 6.07) is 0. The fourth-order valence-electron chi connectivity index (χ4n) is 1.06. The molecule has 0 spiro atoms. The standard InChI is InChI=1S/C10H21O3P/c1-3-4-5-6-7-12-10(11)8-9(2)13-14/h9H,3-8,14H2,1-2H3. The first kappa shape index (κ1) is 13.9. The second kappa shape index (κ2) is 9.42. The highest BCUT2D eigenvalue weighted by Crippen LogP contribution is 2.04. The van der Waals surface area contributed by atoms with Crippen LogP contribution in [0, 0.1) is 0 Å². The number of rotatable bonds is 8. The zero-order valence-corrected chi connectivity index (χ0v) is 10.3. The second-order valence-electron chi connectivity index (χ2n) is 3.43. The molecule has 0 aliphatic rings. The smallest absolute Gasteiger partial charge is 0.308 e. The Bertz CT molecular complexity index is 150. The minimum atomic E-state index is -0.170. The summed E-state index contributed by atoms with van der Waals surface area (Å²) >= 11 is 0. The second-order valence-corrected chi connectivity index (χ2v) is 3.70. The Morgan fingerprint density at radius 3 is 2.64 bits per heavy atom. The summed E-state index contributed by atoms with van der Waals surface area (Å²) < 4.78 is 9.91. The lowest BCUT2D eigenvalue weighted by atomic mass is 10.2. The maximum atomic E-state index is 11.1. The Labute approximate surface area is 88.8 Å². The van der Waals surface area contributed by atoms with Gasteiger partial charge in [0.1, 0.15) is 0 Å². The van der Waals surface area contributed by atoms with Crippen LogP contribution in [0.15, 0.2) is 0 Å². The van der Waals surface area contributed by atoms with Crippen molar-refractivity contribution < 1.29 is 14.1 Å². The summed E-state index contributed by atoms with van der Waals surface area (Å²) in [4.78, 5) is 11.1. The van der Waals surface area contributed by atoms with Crippen molar-refractivity contribution in [3.8, 4) is 0 Å². The lowest BCUT2D eigenvalue weighted by molar-refractivity contribution is -0.145. The van der Waals surface area contributed by atoms with E-state index in [-0.39, 0.29) is 12.1 Å². The van der Waals surface area contributed by atoms with E-state index in [9.17, 15) is 4.79 Å². The highest BCUT2D eigenvalue weighted by Gasteiger charge is 2.08. The molecule has 3 nitrogen and oxygen atoms in total. The molecule has 0 saturated heterocycles. The third-order valence-corrected chi connectivity index (χ3v) is 2.41. The van der Waals surface area contributed by atoms with E-state index in [1.54, 1.807) is 0 Å². The summed E-state index contributed by atoms with van der Waals surface area (Å²) in [6.45, 7) is 4.54. The molecule has 14 heavy (non-hydrogen) atoms. The molecule has 0 radical (unpaired) electrons. The summed E-state index contributed by atoms with van der Waals surface area (Å²) in [7, 11) is 2.15. The first-order chi connectivity index (χ1) is 6.70. The Morgan fingerprint density at radius 2 is 2.07 bits per heavy atom. The van der Waals surface area contributed by atoms with Crippen LogP contribution in [-0.4, -0.2) is 18.7 Å². The zero-order valence-electron chi connectivity index (χ0n) is 9.12. The lowest BCUT2D eigenvalue weighted by Crippen LogP contribution is -2.13. The third kappa shape index (κ3) is 8.46. The fraction of sp³-hybridized carbons (Fsp3) is 0.900. The van der Waals surface area contributed by atoms with Crippen LogP contribution in [0.2, 0.25) is 0 Å². The minimum Gasteiger partial charge on any atom is -0.466 e. The Kier molecular flexibility index (Phi) is 9.32. The van der Waals surface area contributed by atoms with Crippen LogP contribution in [0.1, 0.15) is 46.0 Å². The first-order valence-electron chi connectivity index (χ1n) is 5.21. The van der Waals surface area contributed by atoms with E-state index in [1.807, 2.05) is 6.92 Å². The molecule has 2 unspecified atom stereocenters. The van der Waals surface area contributed by atoms with Gasteiger partial charge in [-0.1, -0.05) is 26.2 Å². The SMILES string of the molecule is CCCCCCOC(=O)CC(C)OP. The van der Waals surface area contributed by atoms with Gasteiger partial charge in [-0.2, -0.15) is 0 Å². The number of carbonyl (C=O) groups is 1. The molecule has 0 fully saturated rings. The van der Waals surface area contributed by atoms with E-state index in [1.165, 1.54) is 12.8 Å². The van der Waals surface area contributed by atoms with Gasteiger partial charge in [0.25, 0.3) is 0 Å². The van der Waals surface area contributed by atoms with Crippen LogP contribution >= 0.6 is 9.47 Å². The van der Waals surface area contributed by atoms with Gasteiger partial charge >= 0.3 is 5.97 Å². The van der Waals surface area contributed by atoms with Gasteiger partial charge in [0.2, 0.25) is 0 Å². The molecular weight excluding hydrogens is 199 g/mol. The number of hydrogen-bond acceptors (Lipinski definition) is 3. The van der Waals surface area contributed by atoms with Crippen molar-refractivity contribution >= 4 is 15.4 Å². The average molecular weight is 220 g/mol. The highest BCUT2D eigenvalue weighted by atomic mass is 31.0. The van der Waals surface area contributed by atoms with Crippen molar-refractivity contribution in [3.05, 3.63) is 0 Å². The van der Waals surface area contributed by atoms with Crippen LogP contribution in [-0.2, 0) is 14.1 Å². The summed E-state index contributed by atoms with van der Waals surface area (Å²) in [5.74, 6) is -0.170. The molecule has 0 aromatic rings. The van der Waals surface area contributed by atoms with Gasteiger partial charge in [0, 0.05) is 9.47 Å². The number of ether oxygens (including phenoxy) is 1. The molecule has 0 bridgehead atoms. The molecule has 0 heterocycles. The molecule has 0 saturated carbocycles. The van der Waals surface area contributed by atoms with Gasteiger partial charge in [0.05, 0.1) is 19.1 Å². The zero-order chi connectivity index (χ0) is 10.8. The van der Waals surface area contributed by atoms with Crippen molar-refractivity contribution in [1.82, 2.24) is 0 Å². The largest absolute Gasteiger partial charge is 0.466 e. The molecule has 0 amide bonds. The number of carbonyl (C=O) groups excluding carboxylic acids is 1. The van der Waals surface area contributed by atoms with Gasteiger partial charge in [-0.05, 0) is 13.3 Å². The Balaban J connectivity index is 3.27. The van der Waals surface area contributed by atoms with Gasteiger partial charge in [-0.25, -0.2) is 0 Å². The third-order valence-electron chi connectivity index (χ3n) is 1.95. The summed E-state index contributed by atoms with van der Waals surface area (Å²) in [6.07, 6.45) is 4.77. The number of unbranched alkanes of at least 4 members (excludes halogenated alkanes) is 3. The van der Waals surface area contributed by atoms with Gasteiger partial charge < -0.3 is 9.26 Å². The molecule has 0 aliphatic heterocycles. The monoisotopic (exact) mass is 220 g/mol. The molecule has 0 aliphatic carbocycles. The molecule has 0 aromatic carbocycles. The Morgan fingerprint density at radius 1 is 1.36 bits per heavy atom. The molecule has 0 aromatic heterocycles. The van der Waals surface area contributed by atoms with Crippen molar-refractivity contribution in [1.29, 1.82) is 0 Å². The maximum absolute atomic E-state index is 11.1. The molecule has 0 N–H and O–H groups in total. The van der Waals surface area contributed by atoms with Crippen LogP contribution in [0.25, 0.3) is 0 Å². The van der Waals surface area contributed by atoms with E-state index in [2.05, 4.69) is 16.4 Å². The van der Waals surface area contributed by atoms with E-state index < -0.39 is 0 Å². The fourth-order valence-corrected chi connectivity index (χ4v) is 1.15. The van der Waals surface area contributed by atoms with Crippen molar-refractivity contribution in [3.63, 3.8) is 0 Å². The topological polar surface area (TPSA) is 35.5 Å². The van der Waals surface area contributed by atoms with Gasteiger partial charge in [0.15, 0.2) is 0 Å². The van der Waals surface area contributed by atoms with Crippen molar-refractivity contribution in [2.45, 2.75) is 52.1 Å². The predicted molar refractivity (Wildman–Crippen MR) is 60.0 cm³/mol. The molecule has 0 rings (SSSR count). The van der Waals surface area contributed by atoms with E-state index in [0.717, 1.165) is 12.8 Å². The molecular formula is C10H21O3P. The predicted octanol–water partition coefficient (Wildman–Crippen LogP) is 2.70. The first-order valence-corrected chi connectivity index (χ1v) is 5.69. The number of esters is 1. The minimum absolute atomic E-state index is 0.0804. The molecule has 84 valence electrons. The van der Waals surface area contributed by atoms with Crippen LogP contribution < -0.4 is 0 Å². The average Bonchev–Trinajstić information content (AvgIpc) is 2.17. The highest BCUT2D eigenvalue weighted by molar-refractivity contribution is 7.09. The summed E-state index contributed by atoms with van der Waals surface area (Å²) in [5, 5.41) is 0. The van der Waals surface area contributed by atoms with Crippen molar-refractivity contribution in [2.75, 3.05) is 6.61 Å². The van der Waals surface area contributed by atoms with E-state index in [4.69, 9.17) is 9.26 Å². The van der Waals surface area contributed by atoms with Crippen LogP contribution in [0.3, 0.4) is 0 Å². The van der Waals surface area contributed by atoms with Gasteiger partial charge in [-0.3, -0.25) is 4.79 Å². The van der Waals surface area contributed by atoms with E-state index in [0.29, 0.717) is 13.0 Å². The van der Waals surface area contributed by atoms with Crippen LogP contribution in [0.4, 0.5) is 0 Å². The van der Waals surface area contributed by atoms with Gasteiger partial charge in [-0.15, -0.1) is 0 Å². The molecule has 4 heteroatoms. The quantitative estimate of drug-likeness (QED) is 0.358. The van der Waals surface area contributed by atoms with Crippen molar-refractivity contribution in [2.24, 2.45) is 0 Å². The molecule has 2 atom stereocenters. The van der Waals surface area contributed by atoms with E-state index >= 15 is 0 Å². The number of hydrogen-bond donors (Lipinski definition) is 0.